The van der Waals surface area contributed by atoms with E-state index in [1.807, 2.05) is 6.92 Å². The molecule has 0 bridgehead atoms. The van der Waals surface area contributed by atoms with E-state index in [4.69, 9.17) is 5.11 Å². The van der Waals surface area contributed by atoms with Crippen LogP contribution in [0, 0.1) is 0 Å². The van der Waals surface area contributed by atoms with Crippen molar-refractivity contribution < 1.29 is 9.90 Å². The van der Waals surface area contributed by atoms with Gasteiger partial charge >= 0.3 is 6.03 Å². The van der Waals surface area contributed by atoms with Crippen molar-refractivity contribution in [1.29, 1.82) is 0 Å². The third-order valence-electron chi connectivity index (χ3n) is 2.05. The van der Waals surface area contributed by atoms with Gasteiger partial charge in [-0.3, -0.25) is 0 Å². The predicted molar refractivity (Wildman–Crippen MR) is 45.9 cm³/mol. The number of carbonyl (C=O) groups is 1. The quantitative estimate of drug-likeness (QED) is 0.657. The Bertz CT molecular complexity index is 170. The highest BCUT2D eigenvalue weighted by Crippen LogP contribution is 2.07. The van der Waals surface area contributed by atoms with Gasteiger partial charge in [-0.2, -0.15) is 0 Å². The van der Waals surface area contributed by atoms with Crippen LogP contribution in [0.5, 0.6) is 0 Å². The van der Waals surface area contributed by atoms with Gasteiger partial charge in [-0.25, -0.2) is 4.79 Å². The standard InChI is InChI=1S/C8H16N2O2/c1-3-9-4-5-10(8(9)12)6-7(2)11/h7,11H,3-6H2,1-2H3. The topological polar surface area (TPSA) is 43.8 Å². The average Bonchev–Trinajstić information content (AvgIpc) is 2.32. The molecule has 1 N–H and O–H groups in total. The lowest BCUT2D eigenvalue weighted by Crippen LogP contribution is -2.35. The third kappa shape index (κ3) is 1.88. The molecule has 4 heteroatoms. The summed E-state index contributed by atoms with van der Waals surface area (Å²) in [5, 5.41) is 9.08. The molecule has 0 aromatic carbocycles. The summed E-state index contributed by atoms with van der Waals surface area (Å²) < 4.78 is 0. The third-order valence-corrected chi connectivity index (χ3v) is 2.05. The van der Waals surface area contributed by atoms with Crippen LogP contribution in [0.3, 0.4) is 0 Å². The second kappa shape index (κ2) is 3.76. The van der Waals surface area contributed by atoms with Gasteiger partial charge in [0.15, 0.2) is 0 Å². The molecule has 0 aliphatic carbocycles. The Kier molecular flexibility index (Phi) is 2.92. The Morgan fingerprint density at radius 3 is 2.50 bits per heavy atom. The number of β-amino-alcohol motifs (C(OH)–C–C–N with tert-alkyl or cyclic N) is 1. The molecule has 1 rings (SSSR count). The first-order valence-electron chi connectivity index (χ1n) is 4.37. The molecular weight excluding hydrogens is 156 g/mol. The highest BCUT2D eigenvalue weighted by Gasteiger charge is 2.27. The van der Waals surface area contributed by atoms with E-state index in [1.54, 1.807) is 16.7 Å². The maximum atomic E-state index is 11.4. The number of carbonyl (C=O) groups excluding carboxylic acids is 1. The molecule has 1 fully saturated rings. The number of hydrogen-bond donors (Lipinski definition) is 1. The summed E-state index contributed by atoms with van der Waals surface area (Å²) in [6, 6.07) is 0.0541. The van der Waals surface area contributed by atoms with E-state index in [1.165, 1.54) is 0 Å². The SMILES string of the molecule is CCN1CCN(CC(C)O)C1=O. The van der Waals surface area contributed by atoms with Gasteiger partial charge in [0.25, 0.3) is 0 Å². The zero-order valence-electron chi connectivity index (χ0n) is 7.66. The molecule has 4 nitrogen and oxygen atoms in total. The minimum atomic E-state index is -0.425. The van der Waals surface area contributed by atoms with E-state index < -0.39 is 6.10 Å². The lowest BCUT2D eigenvalue weighted by Gasteiger charge is -2.18. The van der Waals surface area contributed by atoms with Gasteiger partial charge in [0.2, 0.25) is 0 Å². The Hall–Kier alpha value is -0.770. The van der Waals surface area contributed by atoms with E-state index in [9.17, 15) is 4.79 Å². The summed E-state index contributed by atoms with van der Waals surface area (Å²) in [5.74, 6) is 0. The lowest BCUT2D eigenvalue weighted by atomic mass is 10.4. The van der Waals surface area contributed by atoms with Gasteiger partial charge in [-0.1, -0.05) is 0 Å². The average molecular weight is 172 g/mol. The smallest absolute Gasteiger partial charge is 0.320 e. The molecule has 0 aromatic rings. The molecule has 1 unspecified atom stereocenters. The van der Waals surface area contributed by atoms with Crippen molar-refractivity contribution in [2.45, 2.75) is 20.0 Å². The molecule has 1 heterocycles. The summed E-state index contributed by atoms with van der Waals surface area (Å²) in [4.78, 5) is 14.9. The molecule has 0 spiro atoms. The molecule has 70 valence electrons. The summed E-state index contributed by atoms with van der Waals surface area (Å²) in [6.07, 6.45) is -0.425. The van der Waals surface area contributed by atoms with Gasteiger partial charge in [-0.05, 0) is 13.8 Å². The monoisotopic (exact) mass is 172 g/mol. The summed E-state index contributed by atoms with van der Waals surface area (Å²) >= 11 is 0. The van der Waals surface area contributed by atoms with E-state index in [0.29, 0.717) is 6.54 Å². The number of amides is 2. The molecule has 0 saturated carbocycles. The molecule has 1 aliphatic rings. The maximum Gasteiger partial charge on any atom is 0.320 e. The van der Waals surface area contributed by atoms with Crippen LogP contribution in [0.25, 0.3) is 0 Å². The minimum Gasteiger partial charge on any atom is -0.392 e. The highest BCUT2D eigenvalue weighted by molar-refractivity contribution is 5.76. The van der Waals surface area contributed by atoms with Crippen LogP contribution in [0.15, 0.2) is 0 Å². The first kappa shape index (κ1) is 9.32. The zero-order valence-corrected chi connectivity index (χ0v) is 7.66. The fourth-order valence-corrected chi connectivity index (χ4v) is 1.41. The molecule has 1 saturated heterocycles. The molecule has 1 aliphatic heterocycles. The maximum absolute atomic E-state index is 11.4. The van der Waals surface area contributed by atoms with E-state index >= 15 is 0 Å². The summed E-state index contributed by atoms with van der Waals surface area (Å²) in [6.45, 7) is 6.41. The predicted octanol–water partition coefficient (Wildman–Crippen LogP) is 0.125. The van der Waals surface area contributed by atoms with Crippen LogP contribution in [-0.2, 0) is 0 Å². The van der Waals surface area contributed by atoms with Crippen molar-refractivity contribution in [1.82, 2.24) is 9.80 Å². The molecule has 1 atom stereocenters. The Labute approximate surface area is 72.8 Å². The summed E-state index contributed by atoms with van der Waals surface area (Å²) in [5.41, 5.74) is 0. The first-order valence-corrected chi connectivity index (χ1v) is 4.37. The van der Waals surface area contributed by atoms with E-state index in [0.717, 1.165) is 19.6 Å². The number of aliphatic hydroxyl groups excluding tert-OH is 1. The lowest BCUT2D eigenvalue weighted by molar-refractivity contribution is 0.140. The van der Waals surface area contributed by atoms with Crippen LogP contribution < -0.4 is 0 Å². The molecule has 0 radical (unpaired) electrons. The molecule has 0 aromatic heterocycles. The molecule has 12 heavy (non-hydrogen) atoms. The van der Waals surface area contributed by atoms with Crippen molar-refractivity contribution in [3.05, 3.63) is 0 Å². The molecule has 2 amide bonds. The van der Waals surface area contributed by atoms with E-state index in [-0.39, 0.29) is 6.03 Å². The van der Waals surface area contributed by atoms with Gasteiger partial charge < -0.3 is 14.9 Å². The number of hydrogen-bond acceptors (Lipinski definition) is 2. The van der Waals surface area contributed by atoms with Gasteiger partial charge in [-0.15, -0.1) is 0 Å². The van der Waals surface area contributed by atoms with Gasteiger partial charge in [0, 0.05) is 26.2 Å². The van der Waals surface area contributed by atoms with Gasteiger partial charge in [0.05, 0.1) is 6.10 Å². The van der Waals surface area contributed by atoms with Crippen molar-refractivity contribution in [2.24, 2.45) is 0 Å². The van der Waals surface area contributed by atoms with Crippen LogP contribution in [0.1, 0.15) is 13.8 Å². The number of urea groups is 1. The summed E-state index contributed by atoms with van der Waals surface area (Å²) in [7, 11) is 0. The second-order valence-corrected chi connectivity index (χ2v) is 3.16. The normalized spacial score (nSPS) is 20.4. The van der Waals surface area contributed by atoms with Gasteiger partial charge in [0.1, 0.15) is 0 Å². The number of nitrogens with zero attached hydrogens (tertiary/aromatic N) is 2. The minimum absolute atomic E-state index is 0.0541. The fraction of sp³-hybridized carbons (Fsp3) is 0.875. The molecular formula is C8H16N2O2. The zero-order chi connectivity index (χ0) is 9.14. The Balaban J connectivity index is 2.44. The highest BCUT2D eigenvalue weighted by atomic mass is 16.3. The van der Waals surface area contributed by atoms with Crippen molar-refractivity contribution in [3.8, 4) is 0 Å². The Morgan fingerprint density at radius 1 is 1.50 bits per heavy atom. The first-order chi connectivity index (χ1) is 5.65. The second-order valence-electron chi connectivity index (χ2n) is 3.16. The van der Waals surface area contributed by atoms with Crippen LogP contribution in [-0.4, -0.2) is 53.2 Å². The fourth-order valence-electron chi connectivity index (χ4n) is 1.41. The van der Waals surface area contributed by atoms with E-state index in [2.05, 4.69) is 0 Å². The van der Waals surface area contributed by atoms with Crippen molar-refractivity contribution in [2.75, 3.05) is 26.2 Å². The van der Waals surface area contributed by atoms with Crippen LogP contribution >= 0.6 is 0 Å². The van der Waals surface area contributed by atoms with Crippen molar-refractivity contribution >= 4 is 6.03 Å². The van der Waals surface area contributed by atoms with Crippen molar-refractivity contribution in [3.63, 3.8) is 0 Å². The van der Waals surface area contributed by atoms with Crippen LogP contribution in [0.4, 0.5) is 4.79 Å². The number of rotatable bonds is 3. The van der Waals surface area contributed by atoms with Crippen LogP contribution in [0.2, 0.25) is 0 Å². The Morgan fingerprint density at radius 2 is 2.08 bits per heavy atom. The number of likely N-dealkylation sites (N-methyl/N-ethyl adjacent to an activating group) is 1. The largest absolute Gasteiger partial charge is 0.392 e. The number of aliphatic hydroxyl groups is 1.